The number of hydrogen-bond acceptors (Lipinski definition) is 5. The van der Waals surface area contributed by atoms with Crippen LogP contribution in [0.2, 0.25) is 0 Å². The van der Waals surface area contributed by atoms with E-state index >= 15 is 0 Å². The summed E-state index contributed by atoms with van der Waals surface area (Å²) in [6.45, 7) is 3.80. The zero-order chi connectivity index (χ0) is 18.1. The van der Waals surface area contributed by atoms with Crippen molar-refractivity contribution in [3.8, 4) is 0 Å². The average Bonchev–Trinajstić information content (AvgIpc) is 3.36. The molecular weight excluding hydrogens is 366 g/mol. The Balaban J connectivity index is 1.48. The molecule has 0 aliphatic heterocycles. The lowest BCUT2D eigenvalue weighted by atomic mass is 9.97. The highest BCUT2D eigenvalue weighted by atomic mass is 32.2. The first-order chi connectivity index (χ1) is 12.7. The molecule has 0 bridgehead atoms. The van der Waals surface area contributed by atoms with E-state index in [1.165, 1.54) is 41.5 Å². The van der Waals surface area contributed by atoms with Crippen molar-refractivity contribution in [3.63, 3.8) is 0 Å². The number of rotatable bonds is 7. The van der Waals surface area contributed by atoms with Gasteiger partial charge in [-0.3, -0.25) is 9.59 Å². The van der Waals surface area contributed by atoms with Crippen molar-refractivity contribution in [2.75, 3.05) is 18.8 Å². The third kappa shape index (κ3) is 3.83. The Labute approximate surface area is 161 Å². The van der Waals surface area contributed by atoms with Crippen LogP contribution in [0.3, 0.4) is 0 Å². The minimum Gasteiger partial charge on any atom is -0.342 e. The van der Waals surface area contributed by atoms with Gasteiger partial charge in [-0.15, -0.1) is 11.3 Å². The fourth-order valence-electron chi connectivity index (χ4n) is 3.63. The number of aromatic nitrogens is 2. The molecule has 0 aromatic carbocycles. The number of hydrogen-bond donors (Lipinski definition) is 1. The van der Waals surface area contributed by atoms with E-state index in [1.807, 2.05) is 4.90 Å². The molecular formula is C19H25N3O2S2. The molecule has 2 aromatic rings. The number of nitrogens with zero attached hydrogens (tertiary/aromatic N) is 2. The monoisotopic (exact) mass is 391 g/mol. The van der Waals surface area contributed by atoms with Crippen LogP contribution < -0.4 is 5.56 Å². The fraction of sp³-hybridized carbons (Fsp3) is 0.632. The minimum absolute atomic E-state index is 0.0484. The van der Waals surface area contributed by atoms with Gasteiger partial charge in [0.05, 0.1) is 11.1 Å². The number of carbonyl (C=O) groups excluding carboxylic acids is 1. The van der Waals surface area contributed by atoms with Gasteiger partial charge in [0.25, 0.3) is 5.56 Å². The van der Waals surface area contributed by atoms with Crippen LogP contribution in [0.5, 0.6) is 0 Å². The molecule has 5 nitrogen and oxygen atoms in total. The van der Waals surface area contributed by atoms with E-state index in [1.54, 1.807) is 11.3 Å². The maximum Gasteiger partial charge on any atom is 0.260 e. The van der Waals surface area contributed by atoms with Gasteiger partial charge in [-0.2, -0.15) is 0 Å². The molecule has 0 radical (unpaired) electrons. The molecule has 1 amide bonds. The Morgan fingerprint density at radius 2 is 2.15 bits per heavy atom. The van der Waals surface area contributed by atoms with Crippen LogP contribution in [0.15, 0.2) is 9.95 Å². The van der Waals surface area contributed by atoms with Gasteiger partial charge in [0.2, 0.25) is 5.91 Å². The first-order valence-electron chi connectivity index (χ1n) is 9.61. The number of amides is 1. The highest BCUT2D eigenvalue weighted by molar-refractivity contribution is 7.99. The van der Waals surface area contributed by atoms with Crippen LogP contribution in [-0.2, 0) is 17.6 Å². The summed E-state index contributed by atoms with van der Waals surface area (Å²) in [6.07, 6.45) is 7.86. The summed E-state index contributed by atoms with van der Waals surface area (Å²) in [5, 5.41) is 1.35. The van der Waals surface area contributed by atoms with Crippen molar-refractivity contribution in [2.45, 2.75) is 57.0 Å². The van der Waals surface area contributed by atoms with Crippen LogP contribution >= 0.6 is 23.1 Å². The highest BCUT2D eigenvalue weighted by Crippen LogP contribution is 2.34. The van der Waals surface area contributed by atoms with E-state index in [-0.39, 0.29) is 11.5 Å². The Morgan fingerprint density at radius 1 is 1.35 bits per heavy atom. The normalized spacial score (nSPS) is 16.7. The van der Waals surface area contributed by atoms with Crippen molar-refractivity contribution >= 4 is 39.2 Å². The van der Waals surface area contributed by atoms with Gasteiger partial charge >= 0.3 is 0 Å². The Morgan fingerprint density at radius 3 is 2.92 bits per heavy atom. The maximum absolute atomic E-state index is 12.6. The topological polar surface area (TPSA) is 66.1 Å². The zero-order valence-electron chi connectivity index (χ0n) is 15.2. The number of thiophene rings is 1. The SMILES string of the molecule is CCCN(CC1CC1)C(=O)CSc1nc2sc3c(c2c(=O)[nH]1)CCCC3. The van der Waals surface area contributed by atoms with Crippen molar-refractivity contribution in [2.24, 2.45) is 5.92 Å². The van der Waals surface area contributed by atoms with Crippen LogP contribution in [0, 0.1) is 5.92 Å². The molecule has 0 saturated heterocycles. The third-order valence-corrected chi connectivity index (χ3v) is 7.20. The molecule has 140 valence electrons. The molecule has 0 spiro atoms. The van der Waals surface area contributed by atoms with Gasteiger partial charge in [0, 0.05) is 18.0 Å². The van der Waals surface area contributed by atoms with Crippen molar-refractivity contribution < 1.29 is 4.79 Å². The van der Waals surface area contributed by atoms with Crippen LogP contribution in [0.4, 0.5) is 0 Å². The number of nitrogens with one attached hydrogen (secondary N) is 1. The number of fused-ring (bicyclic) bond motifs is 3. The summed E-state index contributed by atoms with van der Waals surface area (Å²) in [5.41, 5.74) is 1.16. The van der Waals surface area contributed by atoms with Gasteiger partial charge in [-0.05, 0) is 56.4 Å². The second-order valence-electron chi connectivity index (χ2n) is 7.33. The van der Waals surface area contributed by atoms with E-state index < -0.39 is 0 Å². The highest BCUT2D eigenvalue weighted by Gasteiger charge is 2.26. The summed E-state index contributed by atoms with van der Waals surface area (Å²) in [4.78, 5) is 36.8. The predicted octanol–water partition coefficient (Wildman–Crippen LogP) is 3.60. The molecule has 26 heavy (non-hydrogen) atoms. The van der Waals surface area contributed by atoms with Gasteiger partial charge in [-0.25, -0.2) is 4.98 Å². The molecule has 2 aromatic heterocycles. The lowest BCUT2D eigenvalue weighted by Gasteiger charge is -2.21. The lowest BCUT2D eigenvalue weighted by Crippen LogP contribution is -2.35. The standard InChI is InChI=1S/C19H25N3O2S2/c1-2-9-22(10-12-7-8-12)15(23)11-25-19-20-17(24)16-13-5-3-4-6-14(13)26-18(16)21-19/h12H,2-11H2,1H3,(H,20,21,24). The summed E-state index contributed by atoms with van der Waals surface area (Å²) in [7, 11) is 0. The lowest BCUT2D eigenvalue weighted by molar-refractivity contribution is -0.128. The summed E-state index contributed by atoms with van der Waals surface area (Å²) < 4.78 is 0. The number of carbonyl (C=O) groups is 1. The van der Waals surface area contributed by atoms with Gasteiger partial charge in [-0.1, -0.05) is 18.7 Å². The van der Waals surface area contributed by atoms with Crippen molar-refractivity contribution in [1.82, 2.24) is 14.9 Å². The summed E-state index contributed by atoms with van der Waals surface area (Å²) in [6, 6.07) is 0. The third-order valence-electron chi connectivity index (χ3n) is 5.16. The fourth-order valence-corrected chi connectivity index (χ4v) is 5.72. The molecule has 7 heteroatoms. The molecule has 2 heterocycles. The van der Waals surface area contributed by atoms with Crippen LogP contribution in [-0.4, -0.2) is 39.6 Å². The number of aryl methyl sites for hydroxylation is 2. The second kappa shape index (κ2) is 7.72. The van der Waals surface area contributed by atoms with Gasteiger partial charge in [0.15, 0.2) is 5.16 Å². The maximum atomic E-state index is 12.6. The molecule has 2 aliphatic rings. The first kappa shape index (κ1) is 18.0. The quantitative estimate of drug-likeness (QED) is 0.578. The van der Waals surface area contributed by atoms with E-state index in [9.17, 15) is 9.59 Å². The van der Waals surface area contributed by atoms with Crippen molar-refractivity contribution in [1.29, 1.82) is 0 Å². The molecule has 0 unspecified atom stereocenters. The average molecular weight is 392 g/mol. The van der Waals surface area contributed by atoms with Crippen LogP contribution in [0.25, 0.3) is 10.2 Å². The Hall–Kier alpha value is -1.34. The Kier molecular flexibility index (Phi) is 5.36. The van der Waals surface area contributed by atoms with E-state index in [2.05, 4.69) is 16.9 Å². The van der Waals surface area contributed by atoms with E-state index in [0.29, 0.717) is 16.8 Å². The molecule has 2 aliphatic carbocycles. The number of thioether (sulfide) groups is 1. The minimum atomic E-state index is -0.0484. The first-order valence-corrected chi connectivity index (χ1v) is 11.4. The smallest absolute Gasteiger partial charge is 0.260 e. The summed E-state index contributed by atoms with van der Waals surface area (Å²) >= 11 is 3.01. The second-order valence-corrected chi connectivity index (χ2v) is 9.38. The number of aromatic amines is 1. The zero-order valence-corrected chi connectivity index (χ0v) is 16.8. The van der Waals surface area contributed by atoms with Crippen LogP contribution in [0.1, 0.15) is 49.5 Å². The molecule has 1 saturated carbocycles. The predicted molar refractivity (Wildman–Crippen MR) is 107 cm³/mol. The van der Waals surface area contributed by atoms with E-state index in [4.69, 9.17) is 0 Å². The van der Waals surface area contributed by atoms with E-state index in [0.717, 1.165) is 49.0 Å². The molecule has 0 atom stereocenters. The molecule has 1 fully saturated rings. The Bertz CT molecular complexity index is 870. The van der Waals surface area contributed by atoms with Gasteiger partial charge < -0.3 is 9.88 Å². The number of H-pyrrole nitrogens is 1. The molecule has 1 N–H and O–H groups in total. The summed E-state index contributed by atoms with van der Waals surface area (Å²) in [5.74, 6) is 1.19. The molecule has 4 rings (SSSR count). The van der Waals surface area contributed by atoms with Gasteiger partial charge in [0.1, 0.15) is 4.83 Å². The van der Waals surface area contributed by atoms with Crippen molar-refractivity contribution in [3.05, 3.63) is 20.8 Å². The largest absolute Gasteiger partial charge is 0.342 e.